The first-order valence-electron chi connectivity index (χ1n) is 6.26. The number of pyridine rings is 1. The first kappa shape index (κ1) is 13.8. The van der Waals surface area contributed by atoms with E-state index in [4.69, 9.17) is 4.74 Å². The summed E-state index contributed by atoms with van der Waals surface area (Å²) < 4.78 is 5.88. The molecule has 2 aromatic rings. The third-order valence-corrected chi connectivity index (χ3v) is 3.74. The van der Waals surface area contributed by atoms with Crippen LogP contribution in [-0.4, -0.2) is 23.8 Å². The summed E-state index contributed by atoms with van der Waals surface area (Å²) in [7, 11) is 1.53. The summed E-state index contributed by atoms with van der Waals surface area (Å²) >= 11 is 3.36. The van der Waals surface area contributed by atoms with Crippen LogP contribution in [0.3, 0.4) is 0 Å². The molecule has 0 bridgehead atoms. The largest absolute Gasteiger partial charge is 0.481 e. The lowest BCUT2D eigenvalue weighted by Crippen LogP contribution is -2.29. The molecule has 0 saturated heterocycles. The minimum Gasteiger partial charge on any atom is -0.481 e. The lowest BCUT2D eigenvalue weighted by Gasteiger charge is -2.16. The number of Topliss-reactive ketones (excluding diaryl/α,β-unsaturated/α-hetero) is 1. The van der Waals surface area contributed by atoms with Gasteiger partial charge in [0.15, 0.2) is 0 Å². The van der Waals surface area contributed by atoms with Gasteiger partial charge in [0.05, 0.1) is 30.6 Å². The minimum atomic E-state index is -0.535. The molecule has 0 aliphatic carbocycles. The van der Waals surface area contributed by atoms with Gasteiger partial charge in [0.1, 0.15) is 0 Å². The molecule has 0 saturated carbocycles. The van der Waals surface area contributed by atoms with Gasteiger partial charge in [-0.2, -0.15) is 0 Å². The molecule has 0 unspecified atom stereocenters. The Labute approximate surface area is 129 Å². The number of ketones is 1. The predicted molar refractivity (Wildman–Crippen MR) is 80.5 cm³/mol. The van der Waals surface area contributed by atoms with Gasteiger partial charge in [-0.15, -0.1) is 0 Å². The third kappa shape index (κ3) is 2.42. The molecule has 1 aromatic carbocycles. The van der Waals surface area contributed by atoms with Crippen LogP contribution in [-0.2, 0) is 11.3 Å². The van der Waals surface area contributed by atoms with Crippen molar-refractivity contribution in [3.8, 4) is 5.88 Å². The first-order valence-corrected chi connectivity index (χ1v) is 7.05. The van der Waals surface area contributed by atoms with Crippen molar-refractivity contribution in [2.75, 3.05) is 12.0 Å². The van der Waals surface area contributed by atoms with E-state index in [0.717, 1.165) is 4.47 Å². The second-order valence-corrected chi connectivity index (χ2v) is 5.47. The molecule has 1 aliphatic heterocycles. The summed E-state index contributed by atoms with van der Waals surface area (Å²) in [6.45, 7) is 0.227. The zero-order chi connectivity index (χ0) is 15.0. The van der Waals surface area contributed by atoms with E-state index in [-0.39, 0.29) is 6.54 Å². The van der Waals surface area contributed by atoms with E-state index in [9.17, 15) is 9.59 Å². The Hall–Kier alpha value is -2.21. The molecule has 0 atom stereocenters. The van der Waals surface area contributed by atoms with Gasteiger partial charge in [-0.1, -0.05) is 22.0 Å². The van der Waals surface area contributed by atoms with Crippen LogP contribution >= 0.6 is 15.9 Å². The normalized spacial score (nSPS) is 13.5. The number of hydrogen-bond acceptors (Lipinski definition) is 4. The molecule has 6 heteroatoms. The Kier molecular flexibility index (Phi) is 3.47. The zero-order valence-corrected chi connectivity index (χ0v) is 12.8. The maximum absolute atomic E-state index is 12.1. The third-order valence-electron chi connectivity index (χ3n) is 3.25. The van der Waals surface area contributed by atoms with Crippen LogP contribution in [0.4, 0.5) is 5.69 Å². The van der Waals surface area contributed by atoms with E-state index in [1.165, 1.54) is 12.0 Å². The zero-order valence-electron chi connectivity index (χ0n) is 11.2. The van der Waals surface area contributed by atoms with Crippen molar-refractivity contribution >= 4 is 33.3 Å². The Bertz CT molecular complexity index is 745. The van der Waals surface area contributed by atoms with Crippen LogP contribution in [0.15, 0.2) is 40.9 Å². The number of nitrogens with zero attached hydrogens (tertiary/aromatic N) is 2. The average molecular weight is 347 g/mol. The highest BCUT2D eigenvalue weighted by Gasteiger charge is 2.35. The maximum Gasteiger partial charge on any atom is 0.299 e. The summed E-state index contributed by atoms with van der Waals surface area (Å²) in [5.74, 6) is -0.548. The fourth-order valence-electron chi connectivity index (χ4n) is 2.25. The van der Waals surface area contributed by atoms with E-state index in [0.29, 0.717) is 22.8 Å². The van der Waals surface area contributed by atoms with Gasteiger partial charge in [0, 0.05) is 10.5 Å². The molecular formula is C15H11BrN2O3. The fraction of sp³-hybridized carbons (Fsp3) is 0.133. The Balaban J connectivity index is 1.97. The van der Waals surface area contributed by atoms with Crippen molar-refractivity contribution in [2.45, 2.75) is 6.54 Å². The lowest BCUT2D eigenvalue weighted by atomic mass is 10.1. The van der Waals surface area contributed by atoms with E-state index in [1.807, 2.05) is 0 Å². The van der Waals surface area contributed by atoms with E-state index in [1.54, 1.807) is 36.4 Å². The molecule has 0 fully saturated rings. The highest BCUT2D eigenvalue weighted by molar-refractivity contribution is 9.10. The van der Waals surface area contributed by atoms with Crippen molar-refractivity contribution in [3.63, 3.8) is 0 Å². The van der Waals surface area contributed by atoms with Gasteiger partial charge >= 0.3 is 0 Å². The van der Waals surface area contributed by atoms with Crippen LogP contribution < -0.4 is 9.64 Å². The molecule has 2 heterocycles. The summed E-state index contributed by atoms with van der Waals surface area (Å²) in [6, 6.07) is 10.5. The molecule has 21 heavy (non-hydrogen) atoms. The molecule has 5 nitrogen and oxygen atoms in total. The molecule has 106 valence electrons. The highest BCUT2D eigenvalue weighted by Crippen LogP contribution is 2.32. The quantitative estimate of drug-likeness (QED) is 0.801. The van der Waals surface area contributed by atoms with Gasteiger partial charge in [-0.05, 0) is 24.3 Å². The van der Waals surface area contributed by atoms with Crippen molar-refractivity contribution in [1.29, 1.82) is 0 Å². The smallest absolute Gasteiger partial charge is 0.299 e. The number of anilines is 1. The maximum atomic E-state index is 12.1. The number of benzene rings is 1. The standard InChI is InChI=1S/C15H11BrN2O3/c1-21-13-4-2-3-10(17-13)8-18-12-7-9(16)5-6-11(12)14(19)15(18)20/h2-7H,8H2,1H3. The summed E-state index contributed by atoms with van der Waals surface area (Å²) in [5.41, 5.74) is 1.68. The molecule has 0 spiro atoms. The number of aromatic nitrogens is 1. The molecule has 1 amide bonds. The first-order chi connectivity index (χ1) is 10.1. The number of carbonyl (C=O) groups is 2. The van der Waals surface area contributed by atoms with Gasteiger partial charge < -0.3 is 4.74 Å². The fourth-order valence-corrected chi connectivity index (χ4v) is 2.59. The number of halogens is 1. The molecule has 0 radical (unpaired) electrons. The summed E-state index contributed by atoms with van der Waals surface area (Å²) in [6.07, 6.45) is 0. The molecule has 3 rings (SSSR count). The number of ether oxygens (including phenoxy) is 1. The van der Waals surface area contributed by atoms with Gasteiger partial charge in [0.2, 0.25) is 5.88 Å². The molecule has 0 N–H and O–H groups in total. The monoisotopic (exact) mass is 346 g/mol. The number of carbonyl (C=O) groups excluding carboxylic acids is 2. The SMILES string of the molecule is COc1cccc(CN2C(=O)C(=O)c3ccc(Br)cc32)n1. The predicted octanol–water partition coefficient (Wildman–Crippen LogP) is 2.58. The average Bonchev–Trinajstić information content (AvgIpc) is 2.72. The molecule has 1 aliphatic rings. The van der Waals surface area contributed by atoms with Crippen LogP contribution in [0.1, 0.15) is 16.1 Å². The van der Waals surface area contributed by atoms with Crippen molar-refractivity contribution in [1.82, 2.24) is 4.98 Å². The van der Waals surface area contributed by atoms with E-state index < -0.39 is 11.7 Å². The minimum absolute atomic E-state index is 0.227. The molecule has 1 aromatic heterocycles. The Morgan fingerprint density at radius 1 is 1.24 bits per heavy atom. The number of rotatable bonds is 3. The lowest BCUT2D eigenvalue weighted by molar-refractivity contribution is -0.114. The van der Waals surface area contributed by atoms with E-state index in [2.05, 4.69) is 20.9 Å². The van der Waals surface area contributed by atoms with Crippen LogP contribution in [0.25, 0.3) is 0 Å². The number of hydrogen-bond donors (Lipinski definition) is 0. The van der Waals surface area contributed by atoms with Crippen LogP contribution in [0.5, 0.6) is 5.88 Å². The van der Waals surface area contributed by atoms with Gasteiger partial charge in [-0.3, -0.25) is 14.5 Å². The summed E-state index contributed by atoms with van der Waals surface area (Å²) in [4.78, 5) is 29.8. The van der Waals surface area contributed by atoms with Gasteiger partial charge in [-0.25, -0.2) is 4.98 Å². The van der Waals surface area contributed by atoms with Crippen molar-refractivity contribution in [3.05, 3.63) is 52.1 Å². The summed E-state index contributed by atoms with van der Waals surface area (Å²) in [5, 5.41) is 0. The van der Waals surface area contributed by atoms with Gasteiger partial charge in [0.25, 0.3) is 11.7 Å². The van der Waals surface area contributed by atoms with Crippen LogP contribution in [0, 0.1) is 0 Å². The van der Waals surface area contributed by atoms with Crippen molar-refractivity contribution in [2.24, 2.45) is 0 Å². The Morgan fingerprint density at radius 3 is 2.81 bits per heavy atom. The topological polar surface area (TPSA) is 59.5 Å². The Morgan fingerprint density at radius 2 is 2.05 bits per heavy atom. The highest BCUT2D eigenvalue weighted by atomic mass is 79.9. The molecular weight excluding hydrogens is 336 g/mol. The number of amides is 1. The van der Waals surface area contributed by atoms with E-state index >= 15 is 0 Å². The number of methoxy groups -OCH3 is 1. The van der Waals surface area contributed by atoms with Crippen molar-refractivity contribution < 1.29 is 14.3 Å². The second-order valence-electron chi connectivity index (χ2n) is 4.55. The number of fused-ring (bicyclic) bond motifs is 1. The second kappa shape index (κ2) is 5.29. The van der Waals surface area contributed by atoms with Crippen LogP contribution in [0.2, 0.25) is 0 Å².